The number of benzene rings is 2. The molecule has 2 rings (SSSR count). The normalized spacial score (nSPS) is 10.1. The minimum Gasteiger partial charge on any atom is -0.385 e. The van der Waals surface area contributed by atoms with Gasteiger partial charge in [0.15, 0.2) is 0 Å². The third kappa shape index (κ3) is 5.20. The molecule has 0 saturated heterocycles. The van der Waals surface area contributed by atoms with Gasteiger partial charge in [-0.25, -0.2) is 0 Å². The number of nitro benzene ring substituents is 1. The van der Waals surface area contributed by atoms with Crippen LogP contribution in [0, 0.1) is 13.7 Å². The highest BCUT2D eigenvalue weighted by Crippen LogP contribution is 2.19. The molecule has 120 valence electrons. The van der Waals surface area contributed by atoms with Crippen LogP contribution in [-0.2, 0) is 0 Å². The first kappa shape index (κ1) is 17.2. The van der Waals surface area contributed by atoms with Crippen LogP contribution in [0.3, 0.4) is 0 Å². The van der Waals surface area contributed by atoms with Gasteiger partial charge in [-0.2, -0.15) is 0 Å². The standard InChI is InChI=1S/C16H16IN3O3/c17-15-8-7-13(20(22)23)11-14(15)16(21)19-10-4-9-18-12-5-2-1-3-6-12/h1-3,5-8,11,18H,4,9-10H2,(H,19,21). The van der Waals surface area contributed by atoms with Crippen molar-refractivity contribution in [2.45, 2.75) is 6.42 Å². The molecule has 2 N–H and O–H groups in total. The van der Waals surface area contributed by atoms with Crippen molar-refractivity contribution >= 4 is 39.9 Å². The Bertz CT molecular complexity index is 692. The zero-order valence-corrected chi connectivity index (χ0v) is 14.4. The van der Waals surface area contributed by atoms with E-state index in [1.807, 2.05) is 52.9 Å². The number of non-ortho nitro benzene ring substituents is 1. The fourth-order valence-electron chi connectivity index (χ4n) is 1.98. The Balaban J connectivity index is 1.81. The lowest BCUT2D eigenvalue weighted by Gasteiger charge is -2.08. The minimum absolute atomic E-state index is 0.0821. The molecule has 0 fully saturated rings. The molecule has 0 atom stereocenters. The lowest BCUT2D eigenvalue weighted by atomic mass is 10.2. The number of carbonyl (C=O) groups is 1. The van der Waals surface area contributed by atoms with Gasteiger partial charge in [-0.1, -0.05) is 18.2 Å². The summed E-state index contributed by atoms with van der Waals surface area (Å²) in [5.74, 6) is -0.294. The van der Waals surface area contributed by atoms with Crippen molar-refractivity contribution in [3.05, 3.63) is 67.8 Å². The molecule has 7 heteroatoms. The van der Waals surface area contributed by atoms with Gasteiger partial charge in [0.05, 0.1) is 10.5 Å². The Kier molecular flexibility index (Phi) is 6.33. The molecule has 0 unspecified atom stereocenters. The highest BCUT2D eigenvalue weighted by molar-refractivity contribution is 14.1. The average Bonchev–Trinajstić information content (AvgIpc) is 2.55. The van der Waals surface area contributed by atoms with E-state index >= 15 is 0 Å². The van der Waals surface area contributed by atoms with Crippen molar-refractivity contribution < 1.29 is 9.72 Å². The molecule has 1 amide bonds. The quantitative estimate of drug-likeness (QED) is 0.308. The largest absolute Gasteiger partial charge is 0.385 e. The Labute approximate surface area is 147 Å². The number of hydrogen-bond acceptors (Lipinski definition) is 4. The van der Waals surface area contributed by atoms with Crippen LogP contribution < -0.4 is 10.6 Å². The highest BCUT2D eigenvalue weighted by Gasteiger charge is 2.14. The summed E-state index contributed by atoms with van der Waals surface area (Å²) in [5, 5.41) is 16.8. The molecule has 2 aromatic carbocycles. The van der Waals surface area contributed by atoms with Gasteiger partial charge in [-0.15, -0.1) is 0 Å². The van der Waals surface area contributed by atoms with E-state index in [2.05, 4.69) is 10.6 Å². The molecule has 0 aromatic heterocycles. The summed E-state index contributed by atoms with van der Waals surface area (Å²) in [5.41, 5.74) is 1.28. The number of nitrogens with one attached hydrogen (secondary N) is 2. The Hall–Kier alpha value is -2.16. The fourth-order valence-corrected chi connectivity index (χ4v) is 2.56. The lowest BCUT2D eigenvalue weighted by molar-refractivity contribution is -0.384. The number of amides is 1. The van der Waals surface area contributed by atoms with Gasteiger partial charge < -0.3 is 10.6 Å². The summed E-state index contributed by atoms with van der Waals surface area (Å²) in [7, 11) is 0. The first-order valence-electron chi connectivity index (χ1n) is 7.09. The summed E-state index contributed by atoms with van der Waals surface area (Å²) < 4.78 is 0.688. The molecular formula is C16H16IN3O3. The van der Waals surface area contributed by atoms with E-state index in [1.54, 1.807) is 6.07 Å². The van der Waals surface area contributed by atoms with Crippen molar-refractivity contribution in [2.24, 2.45) is 0 Å². The SMILES string of the molecule is O=C(NCCCNc1ccccc1)c1cc([N+](=O)[O-])ccc1I. The Morgan fingerprint density at radius 1 is 1.13 bits per heavy atom. The number of para-hydroxylation sites is 1. The third-order valence-electron chi connectivity index (χ3n) is 3.15. The molecule has 0 aliphatic heterocycles. The van der Waals surface area contributed by atoms with Crippen molar-refractivity contribution in [2.75, 3.05) is 18.4 Å². The van der Waals surface area contributed by atoms with Crippen molar-refractivity contribution in [1.29, 1.82) is 0 Å². The molecule has 0 aliphatic rings. The second-order valence-corrected chi connectivity index (χ2v) is 5.99. The maximum atomic E-state index is 12.1. The number of anilines is 1. The highest BCUT2D eigenvalue weighted by atomic mass is 127. The van der Waals surface area contributed by atoms with Gasteiger partial charge in [0.1, 0.15) is 0 Å². The van der Waals surface area contributed by atoms with Gasteiger partial charge in [0.2, 0.25) is 0 Å². The number of rotatable bonds is 7. The monoisotopic (exact) mass is 425 g/mol. The Morgan fingerprint density at radius 2 is 1.87 bits per heavy atom. The van der Waals surface area contributed by atoms with Crippen LogP contribution in [0.25, 0.3) is 0 Å². The number of nitro groups is 1. The second kappa shape index (κ2) is 8.47. The first-order valence-corrected chi connectivity index (χ1v) is 8.17. The lowest BCUT2D eigenvalue weighted by Crippen LogP contribution is -2.26. The molecule has 2 aromatic rings. The van der Waals surface area contributed by atoms with Gasteiger partial charge in [-0.05, 0) is 47.2 Å². The maximum Gasteiger partial charge on any atom is 0.270 e. The van der Waals surface area contributed by atoms with Crippen LogP contribution in [0.1, 0.15) is 16.8 Å². The maximum absolute atomic E-state index is 12.1. The van der Waals surface area contributed by atoms with Crippen molar-refractivity contribution in [3.63, 3.8) is 0 Å². The minimum atomic E-state index is -0.503. The zero-order valence-electron chi connectivity index (χ0n) is 12.3. The summed E-state index contributed by atoms with van der Waals surface area (Å²) in [6, 6.07) is 14.1. The summed E-state index contributed by atoms with van der Waals surface area (Å²) in [4.78, 5) is 22.4. The number of halogens is 1. The average molecular weight is 425 g/mol. The van der Waals surface area contributed by atoms with Gasteiger partial charge >= 0.3 is 0 Å². The molecular weight excluding hydrogens is 409 g/mol. The summed E-state index contributed by atoms with van der Waals surface area (Å²) in [6.45, 7) is 1.23. The predicted molar refractivity (Wildman–Crippen MR) is 97.7 cm³/mol. The van der Waals surface area contributed by atoms with Gasteiger partial charge in [-0.3, -0.25) is 14.9 Å². The Morgan fingerprint density at radius 3 is 2.57 bits per heavy atom. The molecule has 6 nitrogen and oxygen atoms in total. The molecule has 0 aliphatic carbocycles. The smallest absolute Gasteiger partial charge is 0.270 e. The predicted octanol–water partition coefficient (Wildman–Crippen LogP) is 3.43. The van der Waals surface area contributed by atoms with Crippen molar-refractivity contribution in [3.8, 4) is 0 Å². The fraction of sp³-hybridized carbons (Fsp3) is 0.188. The van der Waals surface area contributed by atoms with Crippen molar-refractivity contribution in [1.82, 2.24) is 5.32 Å². The molecule has 23 heavy (non-hydrogen) atoms. The van der Waals surface area contributed by atoms with Crippen LogP contribution >= 0.6 is 22.6 Å². The zero-order chi connectivity index (χ0) is 16.7. The number of hydrogen-bond donors (Lipinski definition) is 2. The summed E-state index contributed by atoms with van der Waals surface area (Å²) >= 11 is 2.00. The number of carbonyl (C=O) groups excluding carboxylic acids is 1. The van der Waals surface area contributed by atoms with Crippen LogP contribution in [0.2, 0.25) is 0 Å². The van der Waals surface area contributed by atoms with Gasteiger partial charge in [0.25, 0.3) is 11.6 Å². The second-order valence-electron chi connectivity index (χ2n) is 4.82. The van der Waals surface area contributed by atoms with Crippen LogP contribution in [0.5, 0.6) is 0 Å². The van der Waals surface area contributed by atoms with Crippen LogP contribution in [-0.4, -0.2) is 23.9 Å². The molecule has 0 saturated carbocycles. The molecule has 0 heterocycles. The molecule has 0 bridgehead atoms. The first-order chi connectivity index (χ1) is 11.1. The molecule has 0 spiro atoms. The van der Waals surface area contributed by atoms with Crippen LogP contribution in [0.15, 0.2) is 48.5 Å². The van der Waals surface area contributed by atoms with Gasteiger partial charge in [0, 0.05) is 34.5 Å². The van der Waals surface area contributed by atoms with E-state index in [-0.39, 0.29) is 11.6 Å². The summed E-state index contributed by atoms with van der Waals surface area (Å²) in [6.07, 6.45) is 0.756. The van der Waals surface area contributed by atoms with E-state index in [0.717, 1.165) is 18.7 Å². The van der Waals surface area contributed by atoms with E-state index in [1.165, 1.54) is 12.1 Å². The third-order valence-corrected chi connectivity index (χ3v) is 4.09. The molecule has 0 radical (unpaired) electrons. The van der Waals surface area contributed by atoms with E-state index in [9.17, 15) is 14.9 Å². The topological polar surface area (TPSA) is 84.3 Å². The van der Waals surface area contributed by atoms with E-state index < -0.39 is 4.92 Å². The van der Waals surface area contributed by atoms with E-state index in [0.29, 0.717) is 15.7 Å². The van der Waals surface area contributed by atoms with E-state index in [4.69, 9.17) is 0 Å². The number of nitrogens with zero attached hydrogens (tertiary/aromatic N) is 1. The van der Waals surface area contributed by atoms with Crippen LogP contribution in [0.4, 0.5) is 11.4 Å².